The first-order valence-corrected chi connectivity index (χ1v) is 10.5. The van der Waals surface area contributed by atoms with Crippen LogP contribution in [0.1, 0.15) is 59.6 Å². The first-order chi connectivity index (χ1) is 13.3. The van der Waals surface area contributed by atoms with Crippen molar-refractivity contribution in [2.45, 2.75) is 59.5 Å². The lowest BCUT2D eigenvalue weighted by Gasteiger charge is -2.29. The third kappa shape index (κ3) is 8.74. The third-order valence-electron chi connectivity index (χ3n) is 4.63. The second-order valence-corrected chi connectivity index (χ2v) is 7.60. The number of rotatable bonds is 11. The molecule has 0 bridgehead atoms. The molecule has 1 aromatic carbocycles. The molecule has 0 radical (unpaired) electrons. The van der Waals surface area contributed by atoms with Gasteiger partial charge in [0.05, 0.1) is 6.54 Å². The zero-order valence-corrected chi connectivity index (χ0v) is 18.5. The smallest absolute Gasteiger partial charge is 0.224 e. The molecule has 0 saturated carbocycles. The molecule has 28 heavy (non-hydrogen) atoms. The lowest BCUT2D eigenvalue weighted by atomic mass is 10.0. The summed E-state index contributed by atoms with van der Waals surface area (Å²) in [5.41, 5.74) is 1.11. The Morgan fingerprint density at radius 2 is 1.75 bits per heavy atom. The Morgan fingerprint density at radius 1 is 1.11 bits per heavy atom. The van der Waals surface area contributed by atoms with E-state index < -0.39 is 0 Å². The van der Waals surface area contributed by atoms with Crippen molar-refractivity contribution in [2.24, 2.45) is 4.99 Å². The first kappa shape index (κ1) is 24.0. The van der Waals surface area contributed by atoms with Crippen molar-refractivity contribution in [3.8, 4) is 0 Å². The van der Waals surface area contributed by atoms with E-state index in [-0.39, 0.29) is 17.5 Å². The van der Waals surface area contributed by atoms with Crippen LogP contribution in [0.2, 0.25) is 0 Å². The van der Waals surface area contributed by atoms with Gasteiger partial charge in [0.1, 0.15) is 0 Å². The number of guanidine groups is 1. The van der Waals surface area contributed by atoms with Gasteiger partial charge < -0.3 is 20.9 Å². The molecule has 0 aliphatic carbocycles. The molecule has 0 aliphatic heterocycles. The Labute approximate surface area is 171 Å². The SMILES string of the molecule is CCNC(=NCC(C)(C)NC(C)c1ccccc1)NCCC(=O)N(CC)CC. The molecular formula is C22H39N5O. The second-order valence-electron chi connectivity index (χ2n) is 7.60. The monoisotopic (exact) mass is 389 g/mol. The van der Waals surface area contributed by atoms with E-state index >= 15 is 0 Å². The summed E-state index contributed by atoms with van der Waals surface area (Å²) < 4.78 is 0. The molecule has 0 fully saturated rings. The first-order valence-electron chi connectivity index (χ1n) is 10.5. The quantitative estimate of drug-likeness (QED) is 0.402. The molecule has 1 amide bonds. The van der Waals surface area contributed by atoms with E-state index in [2.05, 4.69) is 61.0 Å². The van der Waals surface area contributed by atoms with Gasteiger partial charge in [-0.25, -0.2) is 0 Å². The van der Waals surface area contributed by atoms with Crippen LogP contribution < -0.4 is 16.0 Å². The van der Waals surface area contributed by atoms with Gasteiger partial charge in [-0.2, -0.15) is 0 Å². The van der Waals surface area contributed by atoms with Gasteiger partial charge in [0.15, 0.2) is 5.96 Å². The Bertz CT molecular complexity index is 596. The number of aliphatic imine (C=N–C) groups is 1. The van der Waals surface area contributed by atoms with E-state index in [0.29, 0.717) is 19.5 Å². The highest BCUT2D eigenvalue weighted by molar-refractivity contribution is 5.81. The van der Waals surface area contributed by atoms with E-state index in [1.807, 2.05) is 31.7 Å². The summed E-state index contributed by atoms with van der Waals surface area (Å²) in [6.07, 6.45) is 0.471. The van der Waals surface area contributed by atoms with E-state index in [1.165, 1.54) is 5.56 Å². The predicted molar refractivity (Wildman–Crippen MR) is 119 cm³/mol. The van der Waals surface area contributed by atoms with Crippen molar-refractivity contribution in [1.29, 1.82) is 0 Å². The van der Waals surface area contributed by atoms with Crippen LogP contribution >= 0.6 is 0 Å². The number of nitrogens with zero attached hydrogens (tertiary/aromatic N) is 2. The summed E-state index contributed by atoms with van der Waals surface area (Å²) in [6, 6.07) is 10.7. The molecular weight excluding hydrogens is 350 g/mol. The minimum Gasteiger partial charge on any atom is -0.357 e. The number of hydrogen-bond acceptors (Lipinski definition) is 3. The van der Waals surface area contributed by atoms with Gasteiger partial charge in [0.2, 0.25) is 5.91 Å². The van der Waals surface area contributed by atoms with Crippen molar-refractivity contribution in [1.82, 2.24) is 20.9 Å². The van der Waals surface area contributed by atoms with Crippen LogP contribution in [-0.4, -0.2) is 55.0 Å². The lowest BCUT2D eigenvalue weighted by Crippen LogP contribution is -2.45. The maximum absolute atomic E-state index is 12.1. The molecule has 3 N–H and O–H groups in total. The van der Waals surface area contributed by atoms with E-state index in [0.717, 1.165) is 25.6 Å². The fraction of sp³-hybridized carbons (Fsp3) is 0.636. The van der Waals surface area contributed by atoms with Crippen molar-refractivity contribution in [2.75, 3.05) is 32.7 Å². The number of carbonyl (C=O) groups excluding carboxylic acids is 1. The molecule has 6 nitrogen and oxygen atoms in total. The molecule has 1 atom stereocenters. The van der Waals surface area contributed by atoms with Gasteiger partial charge in [-0.3, -0.25) is 9.79 Å². The lowest BCUT2D eigenvalue weighted by molar-refractivity contribution is -0.130. The van der Waals surface area contributed by atoms with Crippen molar-refractivity contribution in [3.05, 3.63) is 35.9 Å². The van der Waals surface area contributed by atoms with Gasteiger partial charge in [-0.15, -0.1) is 0 Å². The average molecular weight is 390 g/mol. The van der Waals surface area contributed by atoms with Crippen LogP contribution in [0.4, 0.5) is 0 Å². The summed E-state index contributed by atoms with van der Waals surface area (Å²) in [5, 5.41) is 10.2. The molecule has 6 heteroatoms. The van der Waals surface area contributed by atoms with Crippen LogP contribution in [0.15, 0.2) is 35.3 Å². The third-order valence-corrected chi connectivity index (χ3v) is 4.63. The largest absolute Gasteiger partial charge is 0.357 e. The average Bonchev–Trinajstić information content (AvgIpc) is 2.67. The van der Waals surface area contributed by atoms with Crippen LogP contribution in [0, 0.1) is 0 Å². The van der Waals surface area contributed by atoms with Crippen LogP contribution in [0.25, 0.3) is 0 Å². The highest BCUT2D eigenvalue weighted by Gasteiger charge is 2.20. The van der Waals surface area contributed by atoms with E-state index in [4.69, 9.17) is 4.99 Å². The molecule has 158 valence electrons. The molecule has 1 rings (SSSR count). The summed E-state index contributed by atoms with van der Waals surface area (Å²) in [7, 11) is 0. The minimum atomic E-state index is -0.158. The Kier molecular flexibility index (Phi) is 10.6. The van der Waals surface area contributed by atoms with Crippen LogP contribution in [0.3, 0.4) is 0 Å². The molecule has 0 heterocycles. The topological polar surface area (TPSA) is 68.8 Å². The number of carbonyl (C=O) groups is 1. The molecule has 0 spiro atoms. The Balaban J connectivity index is 2.58. The fourth-order valence-corrected chi connectivity index (χ4v) is 3.10. The molecule has 0 aromatic heterocycles. The molecule has 1 unspecified atom stereocenters. The fourth-order valence-electron chi connectivity index (χ4n) is 3.10. The zero-order valence-electron chi connectivity index (χ0n) is 18.5. The van der Waals surface area contributed by atoms with E-state index in [9.17, 15) is 4.79 Å². The number of hydrogen-bond donors (Lipinski definition) is 3. The van der Waals surface area contributed by atoms with Crippen molar-refractivity contribution >= 4 is 11.9 Å². The normalized spacial score (nSPS) is 13.1. The van der Waals surface area contributed by atoms with Crippen LogP contribution in [-0.2, 0) is 4.79 Å². The Morgan fingerprint density at radius 3 is 2.32 bits per heavy atom. The zero-order chi connectivity index (χ0) is 21.0. The molecule has 0 aliphatic rings. The number of amides is 1. The maximum Gasteiger partial charge on any atom is 0.224 e. The van der Waals surface area contributed by atoms with E-state index in [1.54, 1.807) is 0 Å². The van der Waals surface area contributed by atoms with Crippen molar-refractivity contribution in [3.63, 3.8) is 0 Å². The highest BCUT2D eigenvalue weighted by atomic mass is 16.2. The van der Waals surface area contributed by atoms with Crippen LogP contribution in [0.5, 0.6) is 0 Å². The van der Waals surface area contributed by atoms with Gasteiger partial charge in [-0.05, 0) is 47.1 Å². The second kappa shape index (κ2) is 12.4. The van der Waals surface area contributed by atoms with Gasteiger partial charge in [-0.1, -0.05) is 30.3 Å². The standard InChI is InChI=1S/C22H39N5O/c1-7-23-21(24-16-15-20(28)27(8-2)9-3)25-17-22(5,6)26-18(4)19-13-11-10-12-14-19/h10-14,18,26H,7-9,15-17H2,1-6H3,(H2,23,24,25). The maximum atomic E-state index is 12.1. The Hall–Kier alpha value is -2.08. The van der Waals surface area contributed by atoms with Gasteiger partial charge in [0, 0.05) is 44.2 Å². The summed E-state index contributed by atoms with van der Waals surface area (Å²) >= 11 is 0. The van der Waals surface area contributed by atoms with Crippen molar-refractivity contribution < 1.29 is 4.79 Å². The molecule has 0 saturated heterocycles. The number of nitrogens with one attached hydrogen (secondary N) is 3. The minimum absolute atomic E-state index is 0.158. The summed E-state index contributed by atoms with van der Waals surface area (Å²) in [5.74, 6) is 0.920. The summed E-state index contributed by atoms with van der Waals surface area (Å²) in [4.78, 5) is 18.7. The number of benzene rings is 1. The predicted octanol–water partition coefficient (Wildman–Crippen LogP) is 2.93. The van der Waals surface area contributed by atoms with Gasteiger partial charge in [0.25, 0.3) is 0 Å². The summed E-state index contributed by atoms with van der Waals surface area (Å²) in [6.45, 7) is 16.0. The molecule has 1 aromatic rings. The highest BCUT2D eigenvalue weighted by Crippen LogP contribution is 2.16. The van der Waals surface area contributed by atoms with Gasteiger partial charge >= 0.3 is 0 Å².